The fraction of sp³-hybridized carbons (Fsp3) is 0.200. The lowest BCUT2D eigenvalue weighted by Gasteiger charge is -1.83. The van der Waals surface area contributed by atoms with Crippen molar-refractivity contribution < 1.29 is 9.94 Å². The highest BCUT2D eigenvalue weighted by atomic mass is 16.5. The molecule has 1 aromatic heterocycles. The maximum Gasteiger partial charge on any atom is 0.317 e. The van der Waals surface area contributed by atoms with Crippen LogP contribution in [0.2, 0.25) is 0 Å². The van der Waals surface area contributed by atoms with Gasteiger partial charge in [0.1, 0.15) is 0 Å². The van der Waals surface area contributed by atoms with Crippen LogP contribution in [0.4, 0.5) is 0 Å². The lowest BCUT2D eigenvalue weighted by atomic mass is 10.5. The predicted molar refractivity (Wildman–Crippen MR) is 29.2 cm³/mol. The van der Waals surface area contributed by atoms with E-state index in [4.69, 9.17) is 5.21 Å². The maximum atomic E-state index is 10.5. The quantitative estimate of drug-likeness (QED) is 0.354. The van der Waals surface area contributed by atoms with Gasteiger partial charge in [0.05, 0.1) is 5.69 Å². The Morgan fingerprint density at radius 1 is 1.67 bits per heavy atom. The summed E-state index contributed by atoms with van der Waals surface area (Å²) in [6, 6.07) is 0. The lowest BCUT2D eigenvalue weighted by molar-refractivity contribution is -0.905. The summed E-state index contributed by atoms with van der Waals surface area (Å²) in [4.78, 5) is 12.9. The Bertz CT molecular complexity index is 243. The van der Waals surface area contributed by atoms with Crippen molar-refractivity contribution >= 4 is 0 Å². The molecule has 4 nitrogen and oxygen atoms in total. The first-order chi connectivity index (χ1) is 4.18. The van der Waals surface area contributed by atoms with Gasteiger partial charge in [0.15, 0.2) is 0 Å². The number of nitrogens with zero attached hydrogens (tertiary/aromatic N) is 1. The molecule has 4 heteroatoms. The van der Waals surface area contributed by atoms with Crippen LogP contribution in [0, 0.1) is 6.92 Å². The smallest absolute Gasteiger partial charge is 0.316 e. The van der Waals surface area contributed by atoms with Gasteiger partial charge in [-0.2, -0.15) is 0 Å². The van der Waals surface area contributed by atoms with Crippen molar-refractivity contribution in [1.29, 1.82) is 0 Å². The van der Waals surface area contributed by atoms with Crippen molar-refractivity contribution in [3.05, 3.63) is 28.4 Å². The lowest BCUT2D eigenvalue weighted by Crippen LogP contribution is -2.35. The number of nitrogens with one attached hydrogen (secondary N) is 1. The second-order valence-electron chi connectivity index (χ2n) is 1.81. The first-order valence-electron chi connectivity index (χ1n) is 2.50. The summed E-state index contributed by atoms with van der Waals surface area (Å²) in [5, 5.41) is 8.69. The summed E-state index contributed by atoms with van der Waals surface area (Å²) in [6.45, 7) is 1.69. The maximum absolute atomic E-state index is 10.5. The zero-order valence-corrected chi connectivity index (χ0v) is 4.96. The molecule has 0 amide bonds. The minimum Gasteiger partial charge on any atom is -0.316 e. The molecule has 0 aliphatic heterocycles. The normalized spacial score (nSPS) is 9.44. The Morgan fingerprint density at radius 3 is 2.78 bits per heavy atom. The predicted octanol–water partition coefficient (Wildman–Crippen LogP) is -0.792. The zero-order valence-electron chi connectivity index (χ0n) is 4.96. The average Bonchev–Trinajstić information content (AvgIpc) is 1.59. The van der Waals surface area contributed by atoms with E-state index in [1.807, 2.05) is 0 Å². The molecule has 0 spiro atoms. The third kappa shape index (κ3) is 1.28. The fourth-order valence-corrected chi connectivity index (χ4v) is 0.615. The van der Waals surface area contributed by atoms with Gasteiger partial charge in [0, 0.05) is 4.73 Å². The Labute approximate surface area is 51.4 Å². The molecule has 48 valence electrons. The number of aryl methyl sites for hydroxylation is 1. The third-order valence-corrected chi connectivity index (χ3v) is 0.896. The number of H-pyrrole nitrogens is 1. The van der Waals surface area contributed by atoms with Gasteiger partial charge in [0.25, 0.3) is 6.20 Å². The van der Waals surface area contributed by atoms with Crippen molar-refractivity contribution in [2.75, 3.05) is 0 Å². The molecule has 1 rings (SSSR count). The zero-order chi connectivity index (χ0) is 6.85. The number of rotatable bonds is 0. The van der Waals surface area contributed by atoms with Crippen molar-refractivity contribution in [1.82, 2.24) is 4.98 Å². The molecular formula is C5H7N2O2+. The summed E-state index contributed by atoms with van der Waals surface area (Å²) in [6.07, 6.45) is 2.45. The molecule has 0 radical (unpaired) electrons. The Hall–Kier alpha value is -1.32. The molecule has 0 saturated carbocycles. The molecule has 0 unspecified atom stereocenters. The van der Waals surface area contributed by atoms with Crippen LogP contribution in [-0.4, -0.2) is 10.2 Å². The van der Waals surface area contributed by atoms with Crippen LogP contribution in [0.15, 0.2) is 17.2 Å². The SMILES string of the molecule is Cc1c[n+](O)cc(=O)[nH]1. The highest BCUT2D eigenvalue weighted by Gasteiger charge is 1.97. The topological polar surface area (TPSA) is 57.0 Å². The van der Waals surface area contributed by atoms with Crippen LogP contribution in [0.5, 0.6) is 0 Å². The van der Waals surface area contributed by atoms with Gasteiger partial charge in [-0.05, 0) is 6.92 Å². The van der Waals surface area contributed by atoms with E-state index in [-0.39, 0.29) is 5.56 Å². The molecule has 0 saturated heterocycles. The van der Waals surface area contributed by atoms with Crippen LogP contribution in [0.25, 0.3) is 0 Å². The van der Waals surface area contributed by atoms with E-state index in [0.29, 0.717) is 5.69 Å². The van der Waals surface area contributed by atoms with E-state index < -0.39 is 0 Å². The van der Waals surface area contributed by atoms with Gasteiger partial charge in [-0.15, -0.1) is 0 Å². The van der Waals surface area contributed by atoms with Crippen LogP contribution in [0.1, 0.15) is 5.69 Å². The van der Waals surface area contributed by atoms with E-state index >= 15 is 0 Å². The second kappa shape index (κ2) is 1.89. The van der Waals surface area contributed by atoms with E-state index in [2.05, 4.69) is 4.98 Å². The highest BCUT2D eigenvalue weighted by Crippen LogP contribution is 1.74. The Kier molecular flexibility index (Phi) is 1.22. The minimum absolute atomic E-state index is 0.308. The average molecular weight is 127 g/mol. The standard InChI is InChI=1S/C5H6N2O2/c1-4-2-7(9)3-5(8)6-4/h2-3H,1H3,(H-,6,8,9)/p+1. The van der Waals surface area contributed by atoms with Crippen molar-refractivity contribution in [3.8, 4) is 0 Å². The summed E-state index contributed by atoms with van der Waals surface area (Å²) in [5.41, 5.74) is 0.322. The molecular weight excluding hydrogens is 120 g/mol. The van der Waals surface area contributed by atoms with Gasteiger partial charge in [-0.25, -0.2) is 0 Å². The van der Waals surface area contributed by atoms with E-state index in [9.17, 15) is 4.79 Å². The van der Waals surface area contributed by atoms with Crippen molar-refractivity contribution in [3.63, 3.8) is 0 Å². The van der Waals surface area contributed by atoms with Gasteiger partial charge in [0.2, 0.25) is 6.20 Å². The summed E-state index contributed by atoms with van der Waals surface area (Å²) < 4.78 is 0.730. The molecule has 0 fully saturated rings. The van der Waals surface area contributed by atoms with Crippen LogP contribution in [-0.2, 0) is 0 Å². The molecule has 9 heavy (non-hydrogen) atoms. The fourth-order valence-electron chi connectivity index (χ4n) is 0.615. The molecule has 0 bridgehead atoms. The van der Waals surface area contributed by atoms with Crippen molar-refractivity contribution in [2.24, 2.45) is 0 Å². The first kappa shape index (κ1) is 5.81. The molecule has 0 aliphatic carbocycles. The highest BCUT2D eigenvalue weighted by molar-refractivity contribution is 4.84. The van der Waals surface area contributed by atoms with Gasteiger partial charge < -0.3 is 4.98 Å². The number of hydrogen-bond donors (Lipinski definition) is 2. The molecule has 1 aromatic rings. The van der Waals surface area contributed by atoms with E-state index in [1.165, 1.54) is 6.20 Å². The monoisotopic (exact) mass is 127 g/mol. The van der Waals surface area contributed by atoms with E-state index in [0.717, 1.165) is 10.9 Å². The Morgan fingerprint density at radius 2 is 2.33 bits per heavy atom. The second-order valence-corrected chi connectivity index (χ2v) is 1.81. The summed E-state index contributed by atoms with van der Waals surface area (Å²) >= 11 is 0. The van der Waals surface area contributed by atoms with Gasteiger partial charge in [-0.1, -0.05) is 0 Å². The summed E-state index contributed by atoms with van der Waals surface area (Å²) in [7, 11) is 0. The summed E-state index contributed by atoms with van der Waals surface area (Å²) in [5.74, 6) is 0. The third-order valence-electron chi connectivity index (χ3n) is 0.896. The number of hydrogen-bond acceptors (Lipinski definition) is 2. The van der Waals surface area contributed by atoms with Gasteiger partial charge >= 0.3 is 5.56 Å². The Balaban J connectivity index is 3.33. The molecule has 0 aliphatic rings. The molecule has 1 heterocycles. The van der Waals surface area contributed by atoms with Crippen LogP contribution >= 0.6 is 0 Å². The minimum atomic E-state index is -0.308. The molecule has 2 N–H and O–H groups in total. The largest absolute Gasteiger partial charge is 0.317 e. The van der Waals surface area contributed by atoms with E-state index in [1.54, 1.807) is 6.92 Å². The molecule has 0 atom stereocenters. The molecule has 0 aromatic carbocycles. The number of aromatic amines is 1. The first-order valence-corrected chi connectivity index (χ1v) is 2.50. The van der Waals surface area contributed by atoms with Crippen molar-refractivity contribution in [2.45, 2.75) is 6.92 Å². The van der Waals surface area contributed by atoms with Crippen LogP contribution < -0.4 is 10.3 Å². The number of aromatic nitrogens is 2. The van der Waals surface area contributed by atoms with Gasteiger partial charge in [-0.3, -0.25) is 10.0 Å². The van der Waals surface area contributed by atoms with Crippen LogP contribution in [0.3, 0.4) is 0 Å².